The number of hydrogen-bond donors (Lipinski definition) is 2. The van der Waals surface area contributed by atoms with Crippen LogP contribution in [-0.2, 0) is 6.18 Å². The molecule has 1 aromatic rings. The molecule has 2 rings (SSSR count). The lowest BCUT2D eigenvalue weighted by Gasteiger charge is -2.30. The SMILES string of the molecule is OC1CCCCC1Nc1ccc(Cl)cc1C(F)(F)F. The number of rotatable bonds is 2. The number of halogens is 4. The molecular weight excluding hydrogens is 279 g/mol. The largest absolute Gasteiger partial charge is 0.418 e. The second-order valence-electron chi connectivity index (χ2n) is 4.79. The van der Waals surface area contributed by atoms with Gasteiger partial charge in [-0.2, -0.15) is 13.2 Å². The van der Waals surface area contributed by atoms with Crippen molar-refractivity contribution in [3.8, 4) is 0 Å². The van der Waals surface area contributed by atoms with Gasteiger partial charge in [-0.1, -0.05) is 24.4 Å². The van der Waals surface area contributed by atoms with Gasteiger partial charge in [0.1, 0.15) is 0 Å². The van der Waals surface area contributed by atoms with Gasteiger partial charge < -0.3 is 10.4 Å². The maximum absolute atomic E-state index is 12.9. The summed E-state index contributed by atoms with van der Waals surface area (Å²) in [5.74, 6) is 0. The fourth-order valence-corrected chi connectivity index (χ4v) is 2.53. The fourth-order valence-electron chi connectivity index (χ4n) is 2.36. The molecule has 106 valence electrons. The first-order valence-corrected chi connectivity index (χ1v) is 6.57. The molecule has 0 aromatic heterocycles. The Morgan fingerprint density at radius 3 is 2.53 bits per heavy atom. The molecule has 19 heavy (non-hydrogen) atoms. The van der Waals surface area contributed by atoms with Gasteiger partial charge in [0.15, 0.2) is 0 Å². The van der Waals surface area contributed by atoms with Crippen molar-refractivity contribution in [2.24, 2.45) is 0 Å². The van der Waals surface area contributed by atoms with E-state index in [1.165, 1.54) is 12.1 Å². The first-order valence-electron chi connectivity index (χ1n) is 6.19. The molecule has 0 saturated heterocycles. The molecule has 1 fully saturated rings. The fraction of sp³-hybridized carbons (Fsp3) is 0.538. The summed E-state index contributed by atoms with van der Waals surface area (Å²) in [4.78, 5) is 0. The van der Waals surface area contributed by atoms with E-state index in [2.05, 4.69) is 5.32 Å². The maximum atomic E-state index is 12.9. The van der Waals surface area contributed by atoms with E-state index in [0.29, 0.717) is 12.8 Å². The molecule has 0 spiro atoms. The number of aliphatic hydroxyl groups excluding tert-OH is 1. The molecule has 2 nitrogen and oxygen atoms in total. The van der Waals surface area contributed by atoms with Gasteiger partial charge in [0, 0.05) is 10.7 Å². The molecule has 2 atom stereocenters. The quantitative estimate of drug-likeness (QED) is 0.861. The van der Waals surface area contributed by atoms with Crippen LogP contribution in [0.15, 0.2) is 18.2 Å². The highest BCUT2D eigenvalue weighted by Gasteiger charge is 2.35. The first kappa shape index (κ1) is 14.5. The van der Waals surface area contributed by atoms with Crippen molar-refractivity contribution in [2.75, 3.05) is 5.32 Å². The number of hydrogen-bond acceptors (Lipinski definition) is 2. The Kier molecular flexibility index (Phi) is 4.26. The van der Waals surface area contributed by atoms with Crippen molar-refractivity contribution in [2.45, 2.75) is 44.0 Å². The summed E-state index contributed by atoms with van der Waals surface area (Å²) in [5, 5.41) is 12.7. The highest BCUT2D eigenvalue weighted by molar-refractivity contribution is 6.30. The Balaban J connectivity index is 2.24. The summed E-state index contributed by atoms with van der Waals surface area (Å²) in [6.07, 6.45) is -1.97. The van der Waals surface area contributed by atoms with Gasteiger partial charge in [0.2, 0.25) is 0 Å². The van der Waals surface area contributed by atoms with E-state index in [1.54, 1.807) is 0 Å². The van der Waals surface area contributed by atoms with E-state index < -0.39 is 17.8 Å². The number of benzene rings is 1. The summed E-state index contributed by atoms with van der Waals surface area (Å²) < 4.78 is 38.8. The predicted molar refractivity (Wildman–Crippen MR) is 68.3 cm³/mol. The average Bonchev–Trinajstić information content (AvgIpc) is 2.33. The molecule has 6 heteroatoms. The number of anilines is 1. The molecule has 1 aliphatic rings. The van der Waals surface area contributed by atoms with E-state index >= 15 is 0 Å². The van der Waals surface area contributed by atoms with Gasteiger partial charge in [0.25, 0.3) is 0 Å². The molecular formula is C13H15ClF3NO. The van der Waals surface area contributed by atoms with Crippen molar-refractivity contribution in [1.29, 1.82) is 0 Å². The molecule has 1 aliphatic carbocycles. The van der Waals surface area contributed by atoms with Crippen LogP contribution in [0.5, 0.6) is 0 Å². The number of nitrogens with one attached hydrogen (secondary N) is 1. The van der Waals surface area contributed by atoms with E-state index in [-0.39, 0.29) is 16.8 Å². The van der Waals surface area contributed by atoms with Crippen molar-refractivity contribution in [3.63, 3.8) is 0 Å². The third-order valence-electron chi connectivity index (χ3n) is 3.36. The molecule has 0 bridgehead atoms. The van der Waals surface area contributed by atoms with Crippen molar-refractivity contribution < 1.29 is 18.3 Å². The zero-order chi connectivity index (χ0) is 14.0. The Bertz CT molecular complexity index is 450. The third kappa shape index (κ3) is 3.54. The zero-order valence-electron chi connectivity index (χ0n) is 10.2. The van der Waals surface area contributed by atoms with E-state index in [0.717, 1.165) is 18.9 Å². The van der Waals surface area contributed by atoms with Crippen LogP contribution in [0.1, 0.15) is 31.2 Å². The summed E-state index contributed by atoms with van der Waals surface area (Å²) in [7, 11) is 0. The molecule has 1 aromatic carbocycles. The van der Waals surface area contributed by atoms with Gasteiger partial charge in [-0.05, 0) is 31.0 Å². The normalized spacial score (nSPS) is 24.3. The Morgan fingerprint density at radius 2 is 1.89 bits per heavy atom. The topological polar surface area (TPSA) is 32.3 Å². The second-order valence-corrected chi connectivity index (χ2v) is 5.23. The van der Waals surface area contributed by atoms with Gasteiger partial charge >= 0.3 is 6.18 Å². The molecule has 2 unspecified atom stereocenters. The lowest BCUT2D eigenvalue weighted by Crippen LogP contribution is -2.36. The van der Waals surface area contributed by atoms with Gasteiger partial charge in [-0.3, -0.25) is 0 Å². The van der Waals surface area contributed by atoms with Gasteiger partial charge in [-0.15, -0.1) is 0 Å². The van der Waals surface area contributed by atoms with Crippen LogP contribution in [-0.4, -0.2) is 17.3 Å². The molecule has 0 aliphatic heterocycles. The Labute approximate surface area is 114 Å². The Hall–Kier alpha value is -0.940. The Morgan fingerprint density at radius 1 is 1.21 bits per heavy atom. The zero-order valence-corrected chi connectivity index (χ0v) is 10.9. The molecule has 0 radical (unpaired) electrons. The predicted octanol–water partition coefficient (Wildman–Crippen LogP) is 4.07. The van der Waals surface area contributed by atoms with E-state index in [1.807, 2.05) is 0 Å². The molecule has 0 amide bonds. The van der Waals surface area contributed by atoms with E-state index in [9.17, 15) is 18.3 Å². The maximum Gasteiger partial charge on any atom is 0.418 e. The van der Waals surface area contributed by atoms with Crippen LogP contribution in [0.3, 0.4) is 0 Å². The molecule has 2 N–H and O–H groups in total. The molecule has 1 saturated carbocycles. The third-order valence-corrected chi connectivity index (χ3v) is 3.59. The van der Waals surface area contributed by atoms with Crippen molar-refractivity contribution in [3.05, 3.63) is 28.8 Å². The monoisotopic (exact) mass is 293 g/mol. The highest BCUT2D eigenvalue weighted by atomic mass is 35.5. The van der Waals surface area contributed by atoms with E-state index in [4.69, 9.17) is 11.6 Å². The first-order chi connectivity index (χ1) is 8.88. The summed E-state index contributed by atoms with van der Waals surface area (Å²) >= 11 is 5.62. The van der Waals surface area contributed by atoms with Crippen LogP contribution in [0.4, 0.5) is 18.9 Å². The standard InChI is InChI=1S/C13H15ClF3NO/c14-8-5-6-10(9(7-8)13(15,16)17)18-11-3-1-2-4-12(11)19/h5-7,11-12,18-19H,1-4H2. The lowest BCUT2D eigenvalue weighted by atomic mass is 9.92. The summed E-state index contributed by atoms with van der Waals surface area (Å²) in [5.41, 5.74) is -0.819. The number of aliphatic hydroxyl groups is 1. The minimum absolute atomic E-state index is 0.0251. The number of alkyl halides is 3. The van der Waals surface area contributed by atoms with Crippen LogP contribution >= 0.6 is 11.6 Å². The van der Waals surface area contributed by atoms with Gasteiger partial charge in [-0.25, -0.2) is 0 Å². The minimum atomic E-state index is -4.47. The minimum Gasteiger partial charge on any atom is -0.391 e. The van der Waals surface area contributed by atoms with Crippen LogP contribution < -0.4 is 5.32 Å². The summed E-state index contributed by atoms with van der Waals surface area (Å²) in [6.45, 7) is 0. The van der Waals surface area contributed by atoms with Crippen LogP contribution in [0.2, 0.25) is 5.02 Å². The smallest absolute Gasteiger partial charge is 0.391 e. The van der Waals surface area contributed by atoms with Crippen LogP contribution in [0, 0.1) is 0 Å². The average molecular weight is 294 g/mol. The van der Waals surface area contributed by atoms with Crippen LogP contribution in [0.25, 0.3) is 0 Å². The van der Waals surface area contributed by atoms with Gasteiger partial charge in [0.05, 0.1) is 17.7 Å². The lowest BCUT2D eigenvalue weighted by molar-refractivity contribution is -0.137. The molecule has 0 heterocycles. The van der Waals surface area contributed by atoms with Crippen molar-refractivity contribution >= 4 is 17.3 Å². The highest BCUT2D eigenvalue weighted by Crippen LogP contribution is 2.37. The van der Waals surface area contributed by atoms with Crippen molar-refractivity contribution in [1.82, 2.24) is 0 Å². The second kappa shape index (κ2) is 5.59. The summed E-state index contributed by atoms with van der Waals surface area (Å²) in [6, 6.07) is 3.29.